The molecule has 21 heavy (non-hydrogen) atoms. The molecule has 1 aromatic carbocycles. The van der Waals surface area contributed by atoms with Gasteiger partial charge < -0.3 is 20.5 Å². The predicted octanol–water partition coefficient (Wildman–Crippen LogP) is 3.08. The van der Waals surface area contributed by atoms with Crippen LogP contribution in [0, 0.1) is 5.92 Å². The summed E-state index contributed by atoms with van der Waals surface area (Å²) in [4.78, 5) is 23.1. The van der Waals surface area contributed by atoms with E-state index in [2.05, 4.69) is 26.6 Å². The second-order valence-electron chi connectivity index (χ2n) is 4.96. The maximum absolute atomic E-state index is 11.9. The maximum Gasteiger partial charge on any atom is 0.326 e. The minimum atomic E-state index is -1.06. The van der Waals surface area contributed by atoms with Crippen molar-refractivity contribution in [2.45, 2.75) is 26.3 Å². The lowest BCUT2D eigenvalue weighted by Crippen LogP contribution is -2.43. The van der Waals surface area contributed by atoms with Crippen LogP contribution >= 0.6 is 15.9 Å². The molecule has 0 aliphatic heterocycles. The van der Waals surface area contributed by atoms with Crippen LogP contribution in [0.2, 0.25) is 0 Å². The van der Waals surface area contributed by atoms with Crippen LogP contribution in [0.25, 0.3) is 0 Å². The number of methoxy groups -OCH3 is 1. The molecule has 0 aromatic heterocycles. The van der Waals surface area contributed by atoms with E-state index in [1.165, 1.54) is 7.11 Å². The van der Waals surface area contributed by atoms with Gasteiger partial charge in [0.25, 0.3) is 0 Å². The highest BCUT2D eigenvalue weighted by atomic mass is 79.9. The molecule has 0 spiro atoms. The van der Waals surface area contributed by atoms with Crippen LogP contribution < -0.4 is 15.4 Å². The summed E-state index contributed by atoms with van der Waals surface area (Å²) in [7, 11) is 1.49. The first-order valence-electron chi connectivity index (χ1n) is 6.47. The lowest BCUT2D eigenvalue weighted by molar-refractivity contribution is -0.139. The Kier molecular flexibility index (Phi) is 6.48. The summed E-state index contributed by atoms with van der Waals surface area (Å²) in [6.45, 7) is 3.79. The monoisotopic (exact) mass is 358 g/mol. The zero-order valence-electron chi connectivity index (χ0n) is 12.1. The smallest absolute Gasteiger partial charge is 0.326 e. The molecule has 1 rings (SSSR count). The summed E-state index contributed by atoms with van der Waals surface area (Å²) in [5.74, 6) is -0.407. The van der Waals surface area contributed by atoms with Gasteiger partial charge in [0.2, 0.25) is 0 Å². The molecule has 116 valence electrons. The van der Waals surface area contributed by atoms with Crippen LogP contribution in [-0.4, -0.2) is 30.3 Å². The van der Waals surface area contributed by atoms with Crippen molar-refractivity contribution in [1.82, 2.24) is 5.32 Å². The van der Waals surface area contributed by atoms with Gasteiger partial charge in [-0.2, -0.15) is 0 Å². The minimum absolute atomic E-state index is 0.159. The topological polar surface area (TPSA) is 87.7 Å². The molecule has 7 heteroatoms. The first kappa shape index (κ1) is 17.3. The number of carboxylic acid groups (broad SMARTS) is 1. The maximum atomic E-state index is 11.9. The Balaban J connectivity index is 2.76. The molecule has 6 nitrogen and oxygen atoms in total. The summed E-state index contributed by atoms with van der Waals surface area (Å²) >= 11 is 3.30. The molecule has 3 N–H and O–H groups in total. The molecule has 1 aromatic rings. The van der Waals surface area contributed by atoms with Crippen molar-refractivity contribution in [2.24, 2.45) is 5.92 Å². The first-order valence-corrected chi connectivity index (χ1v) is 7.26. The molecule has 0 bridgehead atoms. The summed E-state index contributed by atoms with van der Waals surface area (Å²) in [5.41, 5.74) is 0.457. The number of urea groups is 1. The molecule has 0 saturated carbocycles. The quantitative estimate of drug-likeness (QED) is 0.728. The summed E-state index contributed by atoms with van der Waals surface area (Å²) < 4.78 is 5.91. The second kappa shape index (κ2) is 7.87. The number of ether oxygens (including phenoxy) is 1. The van der Waals surface area contributed by atoms with Gasteiger partial charge in [-0.15, -0.1) is 0 Å². The number of halogens is 1. The van der Waals surface area contributed by atoms with Crippen LogP contribution in [-0.2, 0) is 4.79 Å². The summed E-state index contributed by atoms with van der Waals surface area (Å²) in [6.07, 6.45) is 0.359. The number of nitrogens with one attached hydrogen (secondary N) is 2. The van der Waals surface area contributed by atoms with Gasteiger partial charge >= 0.3 is 12.0 Å². The Hall–Kier alpha value is -1.76. The van der Waals surface area contributed by atoms with E-state index in [1.54, 1.807) is 18.2 Å². The Morgan fingerprint density at radius 1 is 1.38 bits per heavy atom. The number of carboxylic acids is 1. The van der Waals surface area contributed by atoms with E-state index in [4.69, 9.17) is 9.84 Å². The number of aliphatic carboxylic acids is 1. The molecule has 0 saturated heterocycles. The third-order valence-corrected chi connectivity index (χ3v) is 3.21. The highest BCUT2D eigenvalue weighted by Gasteiger charge is 2.21. The van der Waals surface area contributed by atoms with E-state index in [9.17, 15) is 9.59 Å². The molecule has 0 fully saturated rings. The summed E-state index contributed by atoms with van der Waals surface area (Å²) in [5, 5.41) is 14.1. The van der Waals surface area contributed by atoms with E-state index in [-0.39, 0.29) is 5.92 Å². The van der Waals surface area contributed by atoms with Crippen molar-refractivity contribution in [1.29, 1.82) is 0 Å². The predicted molar refractivity (Wildman–Crippen MR) is 83.7 cm³/mol. The molecule has 0 aliphatic rings. The molecular formula is C14H19BrN2O4. The number of hydrogen-bond acceptors (Lipinski definition) is 3. The molecule has 0 radical (unpaired) electrons. The van der Waals surface area contributed by atoms with Crippen LogP contribution in [0.15, 0.2) is 22.7 Å². The number of amides is 2. The third-order valence-electron chi connectivity index (χ3n) is 2.72. The minimum Gasteiger partial charge on any atom is -0.495 e. The SMILES string of the molecule is COc1ccc(Br)cc1NC(=O)N[C@@H](CC(C)C)C(=O)O. The van der Waals surface area contributed by atoms with Gasteiger partial charge in [0.15, 0.2) is 0 Å². The molecule has 0 unspecified atom stereocenters. The van der Waals surface area contributed by atoms with Crippen LogP contribution in [0.3, 0.4) is 0 Å². The van der Waals surface area contributed by atoms with Gasteiger partial charge in [-0.05, 0) is 30.5 Å². The first-order chi connectivity index (χ1) is 9.83. The van der Waals surface area contributed by atoms with Crippen molar-refractivity contribution >= 4 is 33.6 Å². The van der Waals surface area contributed by atoms with Crippen LogP contribution in [0.1, 0.15) is 20.3 Å². The largest absolute Gasteiger partial charge is 0.495 e. The van der Waals surface area contributed by atoms with Gasteiger partial charge in [0.05, 0.1) is 12.8 Å². The number of carbonyl (C=O) groups is 2. The molecule has 0 aliphatic carbocycles. The second-order valence-corrected chi connectivity index (χ2v) is 5.88. The Labute approximate surface area is 132 Å². The Bertz CT molecular complexity index is 520. The van der Waals surface area contributed by atoms with Crippen LogP contribution in [0.4, 0.5) is 10.5 Å². The zero-order chi connectivity index (χ0) is 16.0. The third kappa shape index (κ3) is 5.63. The lowest BCUT2D eigenvalue weighted by Gasteiger charge is -2.17. The fourth-order valence-corrected chi connectivity index (χ4v) is 2.15. The van der Waals surface area contributed by atoms with Gasteiger partial charge in [0.1, 0.15) is 11.8 Å². The molecular weight excluding hydrogens is 340 g/mol. The Morgan fingerprint density at radius 3 is 2.57 bits per heavy atom. The molecule has 0 heterocycles. The number of anilines is 1. The lowest BCUT2D eigenvalue weighted by atomic mass is 10.0. The normalized spacial score (nSPS) is 11.9. The number of rotatable bonds is 6. The van der Waals surface area contributed by atoms with Gasteiger partial charge in [0, 0.05) is 4.47 Å². The van der Waals surface area contributed by atoms with E-state index in [0.717, 1.165) is 4.47 Å². The fraction of sp³-hybridized carbons (Fsp3) is 0.429. The Morgan fingerprint density at radius 2 is 2.05 bits per heavy atom. The highest BCUT2D eigenvalue weighted by molar-refractivity contribution is 9.10. The summed E-state index contributed by atoms with van der Waals surface area (Å²) in [6, 6.07) is 3.64. The van der Waals surface area contributed by atoms with E-state index in [1.807, 2.05) is 13.8 Å². The fourth-order valence-electron chi connectivity index (χ4n) is 1.79. The number of hydrogen-bond donors (Lipinski definition) is 3. The van der Waals surface area contributed by atoms with Crippen molar-refractivity contribution < 1.29 is 19.4 Å². The van der Waals surface area contributed by atoms with E-state index >= 15 is 0 Å². The van der Waals surface area contributed by atoms with Crippen LogP contribution in [0.5, 0.6) is 5.75 Å². The van der Waals surface area contributed by atoms with Crippen molar-refractivity contribution in [2.75, 3.05) is 12.4 Å². The van der Waals surface area contributed by atoms with Gasteiger partial charge in [-0.3, -0.25) is 0 Å². The van der Waals surface area contributed by atoms with Gasteiger partial charge in [-0.25, -0.2) is 9.59 Å². The number of carbonyl (C=O) groups excluding carboxylic acids is 1. The molecule has 2 amide bonds. The average Bonchev–Trinajstić information content (AvgIpc) is 2.37. The zero-order valence-corrected chi connectivity index (χ0v) is 13.7. The standard InChI is InChI=1S/C14H19BrN2O4/c1-8(2)6-11(13(18)19)17-14(20)16-10-7-9(15)4-5-12(10)21-3/h4-5,7-8,11H,6H2,1-3H3,(H,18,19)(H2,16,17,20)/t11-/m0/s1. The number of benzene rings is 1. The van der Waals surface area contributed by atoms with Gasteiger partial charge in [-0.1, -0.05) is 29.8 Å². The van der Waals surface area contributed by atoms with Crippen molar-refractivity contribution in [3.8, 4) is 5.75 Å². The van der Waals surface area contributed by atoms with E-state index in [0.29, 0.717) is 17.9 Å². The average molecular weight is 359 g/mol. The molecule has 1 atom stereocenters. The van der Waals surface area contributed by atoms with E-state index < -0.39 is 18.0 Å². The van der Waals surface area contributed by atoms with Crippen molar-refractivity contribution in [3.05, 3.63) is 22.7 Å². The highest BCUT2D eigenvalue weighted by Crippen LogP contribution is 2.27. The van der Waals surface area contributed by atoms with Crippen molar-refractivity contribution in [3.63, 3.8) is 0 Å².